The van der Waals surface area contributed by atoms with E-state index >= 15 is 0 Å². The molecule has 2 aromatic rings. The van der Waals surface area contributed by atoms with Gasteiger partial charge >= 0.3 is 6.18 Å². The second-order valence-corrected chi connectivity index (χ2v) is 5.52. The Labute approximate surface area is 126 Å². The molecule has 0 unspecified atom stereocenters. The van der Waals surface area contributed by atoms with Crippen LogP contribution in [-0.2, 0) is 24.7 Å². The smallest absolute Gasteiger partial charge is 0.338 e. The fraction of sp³-hybridized carbons (Fsp3) is 0.467. The second kappa shape index (κ2) is 6.08. The van der Waals surface area contributed by atoms with Crippen molar-refractivity contribution >= 4 is 0 Å². The number of nitrogens with one attached hydrogen (secondary N) is 1. The van der Waals surface area contributed by atoms with Crippen molar-refractivity contribution in [3.8, 4) is 0 Å². The maximum absolute atomic E-state index is 12.8. The van der Waals surface area contributed by atoms with Crippen LogP contribution >= 0.6 is 0 Å². The lowest BCUT2D eigenvalue weighted by atomic mass is 9.92. The minimum atomic E-state index is -4.35. The van der Waals surface area contributed by atoms with Gasteiger partial charge in [0, 0.05) is 12.0 Å². The third-order valence-corrected chi connectivity index (χ3v) is 3.42. The number of hydrogen-bond acceptors (Lipinski definition) is 4. The molecule has 1 heterocycles. The van der Waals surface area contributed by atoms with Crippen LogP contribution in [0.4, 0.5) is 13.2 Å². The molecule has 0 aliphatic heterocycles. The normalized spacial score (nSPS) is 12.6. The first-order valence-corrected chi connectivity index (χ1v) is 6.96. The van der Waals surface area contributed by atoms with Crippen LogP contribution in [0.5, 0.6) is 0 Å². The van der Waals surface area contributed by atoms with Crippen LogP contribution in [0.15, 0.2) is 28.8 Å². The number of nitrogens with zero attached hydrogens (tertiary/aromatic N) is 2. The molecule has 0 aliphatic rings. The number of benzene rings is 1. The van der Waals surface area contributed by atoms with E-state index in [2.05, 4.69) is 15.5 Å². The van der Waals surface area contributed by atoms with E-state index < -0.39 is 17.3 Å². The van der Waals surface area contributed by atoms with Gasteiger partial charge in [-0.1, -0.05) is 24.2 Å². The summed E-state index contributed by atoms with van der Waals surface area (Å²) >= 11 is 0. The number of alkyl halides is 3. The highest BCUT2D eigenvalue weighted by Gasteiger charge is 2.32. The summed E-state index contributed by atoms with van der Waals surface area (Å²) in [7, 11) is 0. The van der Waals surface area contributed by atoms with Crippen molar-refractivity contribution in [3.63, 3.8) is 0 Å². The van der Waals surface area contributed by atoms with Gasteiger partial charge in [0.15, 0.2) is 5.82 Å². The number of rotatable bonds is 5. The molecule has 4 nitrogen and oxygen atoms in total. The second-order valence-electron chi connectivity index (χ2n) is 5.52. The topological polar surface area (TPSA) is 51.0 Å². The summed E-state index contributed by atoms with van der Waals surface area (Å²) in [4.78, 5) is 4.16. The van der Waals surface area contributed by atoms with E-state index in [9.17, 15) is 13.2 Å². The van der Waals surface area contributed by atoms with E-state index in [1.165, 1.54) is 6.07 Å². The molecule has 0 bridgehead atoms. The molecule has 120 valence electrons. The Kier molecular flexibility index (Phi) is 4.55. The van der Waals surface area contributed by atoms with Gasteiger partial charge in [-0.05, 0) is 31.5 Å². The first-order chi connectivity index (χ1) is 10.2. The number of aromatic nitrogens is 2. The standard InChI is InChI=1S/C15H18F3N3O/c1-4-12-20-13(22-21-12)9-19-14(2,3)10-6-5-7-11(8-10)15(16,17)18/h5-8,19H,4,9H2,1-3H3. The molecule has 0 saturated carbocycles. The fourth-order valence-electron chi connectivity index (χ4n) is 1.99. The Morgan fingerprint density at radius 3 is 2.45 bits per heavy atom. The molecule has 0 atom stereocenters. The maximum Gasteiger partial charge on any atom is 0.416 e. The number of hydrogen-bond donors (Lipinski definition) is 1. The number of aryl methyl sites for hydroxylation is 1. The van der Waals surface area contributed by atoms with Gasteiger partial charge in [-0.25, -0.2) is 0 Å². The van der Waals surface area contributed by atoms with Crippen molar-refractivity contribution in [2.45, 2.75) is 45.5 Å². The van der Waals surface area contributed by atoms with Crippen molar-refractivity contribution in [1.82, 2.24) is 15.5 Å². The predicted molar refractivity (Wildman–Crippen MR) is 75.0 cm³/mol. The average Bonchev–Trinajstić information content (AvgIpc) is 2.93. The fourth-order valence-corrected chi connectivity index (χ4v) is 1.99. The molecule has 1 aromatic carbocycles. The van der Waals surface area contributed by atoms with E-state index in [-0.39, 0.29) is 6.54 Å². The Hall–Kier alpha value is -1.89. The first kappa shape index (κ1) is 16.5. The summed E-state index contributed by atoms with van der Waals surface area (Å²) in [5.41, 5.74) is -0.786. The Bertz CT molecular complexity index is 635. The Morgan fingerprint density at radius 2 is 1.86 bits per heavy atom. The molecule has 0 radical (unpaired) electrons. The lowest BCUT2D eigenvalue weighted by molar-refractivity contribution is -0.137. The van der Waals surface area contributed by atoms with Gasteiger partial charge in [-0.2, -0.15) is 18.2 Å². The third-order valence-electron chi connectivity index (χ3n) is 3.42. The van der Waals surface area contributed by atoms with Gasteiger partial charge in [0.25, 0.3) is 0 Å². The lowest BCUT2D eigenvalue weighted by Gasteiger charge is -2.27. The van der Waals surface area contributed by atoms with Crippen molar-refractivity contribution in [2.75, 3.05) is 0 Å². The molecule has 0 saturated heterocycles. The van der Waals surface area contributed by atoms with E-state index in [1.807, 2.05) is 6.92 Å². The van der Waals surface area contributed by atoms with E-state index in [0.717, 1.165) is 12.1 Å². The van der Waals surface area contributed by atoms with Crippen LogP contribution in [0, 0.1) is 0 Å². The monoisotopic (exact) mass is 313 g/mol. The van der Waals surface area contributed by atoms with Crippen LogP contribution in [-0.4, -0.2) is 10.1 Å². The molecular formula is C15H18F3N3O. The molecule has 0 amide bonds. The zero-order chi connectivity index (χ0) is 16.4. The summed E-state index contributed by atoms with van der Waals surface area (Å²) in [6.07, 6.45) is -3.69. The summed E-state index contributed by atoms with van der Waals surface area (Å²) < 4.78 is 43.4. The lowest BCUT2D eigenvalue weighted by Crippen LogP contribution is -2.36. The Balaban J connectivity index is 2.12. The molecule has 2 rings (SSSR count). The van der Waals surface area contributed by atoms with Crippen LogP contribution in [0.3, 0.4) is 0 Å². The highest BCUT2D eigenvalue weighted by Crippen LogP contribution is 2.32. The minimum Gasteiger partial charge on any atom is -0.338 e. The van der Waals surface area contributed by atoms with Crippen molar-refractivity contribution in [2.24, 2.45) is 0 Å². The zero-order valence-corrected chi connectivity index (χ0v) is 12.7. The third kappa shape index (κ3) is 3.85. The summed E-state index contributed by atoms with van der Waals surface area (Å²) in [5, 5.41) is 6.92. The Morgan fingerprint density at radius 1 is 1.18 bits per heavy atom. The molecule has 0 spiro atoms. The van der Waals surface area contributed by atoms with E-state index in [1.54, 1.807) is 19.9 Å². The van der Waals surface area contributed by atoms with Gasteiger partial charge in [-0.3, -0.25) is 5.32 Å². The molecule has 0 fully saturated rings. The predicted octanol–water partition coefficient (Wildman–Crippen LogP) is 3.68. The molecule has 1 N–H and O–H groups in total. The quantitative estimate of drug-likeness (QED) is 0.915. The van der Waals surface area contributed by atoms with E-state index in [4.69, 9.17) is 4.52 Å². The molecule has 22 heavy (non-hydrogen) atoms. The SMILES string of the molecule is CCc1noc(CNC(C)(C)c2cccc(C(F)(F)F)c2)n1. The van der Waals surface area contributed by atoms with Crippen LogP contribution < -0.4 is 5.32 Å². The average molecular weight is 313 g/mol. The largest absolute Gasteiger partial charge is 0.416 e. The van der Waals surface area contributed by atoms with Crippen LogP contribution in [0.25, 0.3) is 0 Å². The zero-order valence-electron chi connectivity index (χ0n) is 12.7. The van der Waals surface area contributed by atoms with Crippen molar-refractivity contribution < 1.29 is 17.7 Å². The molecular weight excluding hydrogens is 295 g/mol. The summed E-state index contributed by atoms with van der Waals surface area (Å²) in [5.74, 6) is 1.02. The highest BCUT2D eigenvalue weighted by atomic mass is 19.4. The van der Waals surface area contributed by atoms with Crippen LogP contribution in [0.2, 0.25) is 0 Å². The summed E-state index contributed by atoms with van der Waals surface area (Å²) in [6.45, 7) is 5.81. The van der Waals surface area contributed by atoms with Gasteiger partial charge in [0.05, 0.1) is 12.1 Å². The first-order valence-electron chi connectivity index (χ1n) is 6.96. The maximum atomic E-state index is 12.8. The number of halogens is 3. The highest BCUT2D eigenvalue weighted by molar-refractivity contribution is 5.30. The molecule has 7 heteroatoms. The minimum absolute atomic E-state index is 0.288. The van der Waals surface area contributed by atoms with E-state index in [0.29, 0.717) is 23.7 Å². The van der Waals surface area contributed by atoms with Crippen molar-refractivity contribution in [1.29, 1.82) is 0 Å². The molecule has 1 aromatic heterocycles. The molecule has 0 aliphatic carbocycles. The van der Waals surface area contributed by atoms with Gasteiger partial charge < -0.3 is 4.52 Å². The van der Waals surface area contributed by atoms with Crippen LogP contribution in [0.1, 0.15) is 43.6 Å². The van der Waals surface area contributed by atoms with Crippen molar-refractivity contribution in [3.05, 3.63) is 47.1 Å². The van der Waals surface area contributed by atoms with Gasteiger partial charge in [0.2, 0.25) is 5.89 Å². The summed E-state index contributed by atoms with van der Waals surface area (Å²) in [6, 6.07) is 5.28. The van der Waals surface area contributed by atoms with Gasteiger partial charge in [-0.15, -0.1) is 0 Å². The van der Waals surface area contributed by atoms with Gasteiger partial charge in [0.1, 0.15) is 0 Å².